The van der Waals surface area contributed by atoms with Gasteiger partial charge >= 0.3 is 0 Å². The van der Waals surface area contributed by atoms with E-state index in [2.05, 4.69) is 4.90 Å². The second-order valence-electron chi connectivity index (χ2n) is 2.92. The Labute approximate surface area is 93.9 Å². The summed E-state index contributed by atoms with van der Waals surface area (Å²) in [6.45, 7) is 3.04. The van der Waals surface area contributed by atoms with Gasteiger partial charge in [-0.05, 0) is 0 Å². The van der Waals surface area contributed by atoms with Crippen LogP contribution in [0.25, 0.3) is 0 Å². The Morgan fingerprint density at radius 1 is 1.14 bits per heavy atom. The molecule has 0 atom stereocenters. The Balaban J connectivity index is 2.70. The minimum absolute atomic E-state index is 0.240. The van der Waals surface area contributed by atoms with Crippen molar-refractivity contribution in [3.8, 4) is 0 Å². The molecule has 4 N–H and O–H groups in total. The minimum Gasteiger partial charge on any atom is -0.389 e. The molecule has 1 heterocycles. The number of nitrogens with zero attached hydrogens (tertiary/aromatic N) is 1. The first-order valence-electron chi connectivity index (χ1n) is 4.24. The lowest BCUT2D eigenvalue weighted by molar-refractivity contribution is 0.0593. The Bertz CT molecular complexity index is 256. The van der Waals surface area contributed by atoms with Crippen LogP contribution in [0.3, 0.4) is 0 Å². The van der Waals surface area contributed by atoms with Crippen LogP contribution in [0.1, 0.15) is 0 Å². The van der Waals surface area contributed by atoms with Crippen LogP contribution in [-0.4, -0.2) is 41.2 Å². The Morgan fingerprint density at radius 2 is 1.64 bits per heavy atom. The van der Waals surface area contributed by atoms with Crippen molar-refractivity contribution in [2.75, 3.05) is 26.3 Å². The molecule has 0 spiro atoms. The molecule has 0 saturated carbocycles. The fraction of sp³-hybridized carbons (Fsp3) is 0.500. The molecule has 1 fully saturated rings. The van der Waals surface area contributed by atoms with Gasteiger partial charge in [0.1, 0.15) is 9.98 Å². The zero-order valence-electron chi connectivity index (χ0n) is 7.73. The average Bonchev–Trinajstić information content (AvgIpc) is 2.15. The molecule has 1 rings (SSSR count). The molecular weight excluding hydrogens is 218 g/mol. The van der Waals surface area contributed by atoms with Crippen molar-refractivity contribution in [1.82, 2.24) is 4.90 Å². The highest BCUT2D eigenvalue weighted by molar-refractivity contribution is 7.82. The van der Waals surface area contributed by atoms with E-state index in [-0.39, 0.29) is 9.98 Å². The summed E-state index contributed by atoms with van der Waals surface area (Å²) in [4.78, 5) is 2.53. The van der Waals surface area contributed by atoms with Crippen molar-refractivity contribution >= 4 is 34.4 Å². The third-order valence-electron chi connectivity index (χ3n) is 1.89. The highest BCUT2D eigenvalue weighted by Gasteiger charge is 2.10. The van der Waals surface area contributed by atoms with Crippen LogP contribution in [0.4, 0.5) is 0 Å². The highest BCUT2D eigenvalue weighted by Crippen LogP contribution is 2.03. The Morgan fingerprint density at radius 3 is 2.07 bits per heavy atom. The molecule has 4 nitrogen and oxygen atoms in total. The molecule has 0 unspecified atom stereocenters. The van der Waals surface area contributed by atoms with E-state index in [9.17, 15) is 0 Å². The van der Waals surface area contributed by atoms with E-state index in [0.29, 0.717) is 18.8 Å². The second kappa shape index (κ2) is 5.23. The third-order valence-corrected chi connectivity index (χ3v) is 2.33. The molecule has 1 saturated heterocycles. The first-order chi connectivity index (χ1) is 6.61. The van der Waals surface area contributed by atoms with Crippen LogP contribution in [0.2, 0.25) is 0 Å². The van der Waals surface area contributed by atoms with Crippen LogP contribution in [-0.2, 0) is 4.74 Å². The maximum absolute atomic E-state index is 5.49. The average molecular weight is 231 g/mol. The molecular formula is C8H13N3OS2. The number of nitrogens with two attached hydrogens (primary N) is 2. The predicted octanol–water partition coefficient (Wildman–Crippen LogP) is -0.225. The quantitative estimate of drug-likeness (QED) is 0.517. The van der Waals surface area contributed by atoms with E-state index in [1.165, 1.54) is 0 Å². The van der Waals surface area contributed by atoms with Gasteiger partial charge in [-0.25, -0.2) is 0 Å². The van der Waals surface area contributed by atoms with Crippen molar-refractivity contribution in [1.29, 1.82) is 0 Å². The van der Waals surface area contributed by atoms with Crippen molar-refractivity contribution < 1.29 is 4.74 Å². The van der Waals surface area contributed by atoms with Gasteiger partial charge in [0.2, 0.25) is 0 Å². The lowest BCUT2D eigenvalue weighted by Crippen LogP contribution is -2.34. The summed E-state index contributed by atoms with van der Waals surface area (Å²) in [5.74, 6) is 0. The fourth-order valence-corrected chi connectivity index (χ4v) is 1.53. The van der Waals surface area contributed by atoms with Gasteiger partial charge in [-0.3, -0.25) is 0 Å². The molecule has 1 aliphatic rings. The molecule has 1 aliphatic heterocycles. The number of morpholine rings is 1. The molecule has 0 bridgehead atoms. The summed E-state index contributed by atoms with van der Waals surface area (Å²) in [7, 11) is 0. The summed E-state index contributed by atoms with van der Waals surface area (Å²) in [6, 6.07) is 0. The highest BCUT2D eigenvalue weighted by atomic mass is 32.1. The van der Waals surface area contributed by atoms with E-state index in [4.69, 9.17) is 40.6 Å². The van der Waals surface area contributed by atoms with Gasteiger partial charge in [-0.2, -0.15) is 0 Å². The van der Waals surface area contributed by atoms with Gasteiger partial charge < -0.3 is 21.1 Å². The monoisotopic (exact) mass is 231 g/mol. The summed E-state index contributed by atoms with van der Waals surface area (Å²) in [5, 5.41) is 0. The fourth-order valence-electron chi connectivity index (χ4n) is 1.14. The molecule has 0 radical (unpaired) electrons. The SMILES string of the molecule is NC(=S)C(=CN1CCOCC1)C(N)=S. The van der Waals surface area contributed by atoms with Gasteiger partial charge in [0.25, 0.3) is 0 Å². The van der Waals surface area contributed by atoms with Crippen molar-refractivity contribution in [3.05, 3.63) is 11.8 Å². The van der Waals surface area contributed by atoms with Gasteiger partial charge in [0.15, 0.2) is 0 Å². The van der Waals surface area contributed by atoms with Crippen LogP contribution in [0.5, 0.6) is 0 Å². The smallest absolute Gasteiger partial charge is 0.108 e. The third kappa shape index (κ3) is 3.21. The molecule has 0 aromatic carbocycles. The number of hydrogen-bond donors (Lipinski definition) is 2. The standard InChI is InChI=1S/C8H13N3OS2/c9-7(13)6(8(10)14)5-11-1-3-12-4-2-11/h5H,1-4H2,(H2,9,13)(H2,10,14). The second-order valence-corrected chi connectivity index (χ2v) is 3.80. The normalized spacial score (nSPS) is 16.1. The topological polar surface area (TPSA) is 64.5 Å². The molecule has 0 amide bonds. The maximum Gasteiger partial charge on any atom is 0.108 e. The van der Waals surface area contributed by atoms with Gasteiger partial charge in [0, 0.05) is 19.3 Å². The van der Waals surface area contributed by atoms with Gasteiger partial charge in [0.05, 0.1) is 18.8 Å². The predicted molar refractivity (Wildman–Crippen MR) is 64.0 cm³/mol. The maximum atomic E-state index is 5.49. The van der Waals surface area contributed by atoms with Crippen molar-refractivity contribution in [2.45, 2.75) is 0 Å². The summed E-state index contributed by atoms with van der Waals surface area (Å²) in [5.41, 5.74) is 11.6. The zero-order chi connectivity index (χ0) is 10.6. The summed E-state index contributed by atoms with van der Waals surface area (Å²) < 4.78 is 5.20. The van der Waals surface area contributed by atoms with Crippen LogP contribution in [0, 0.1) is 0 Å². The van der Waals surface area contributed by atoms with Crippen molar-refractivity contribution in [2.24, 2.45) is 11.5 Å². The van der Waals surface area contributed by atoms with Crippen molar-refractivity contribution in [3.63, 3.8) is 0 Å². The molecule has 14 heavy (non-hydrogen) atoms. The van der Waals surface area contributed by atoms with E-state index >= 15 is 0 Å². The Kier molecular flexibility index (Phi) is 4.24. The molecule has 0 aromatic rings. The first-order valence-corrected chi connectivity index (χ1v) is 5.06. The molecule has 0 aliphatic carbocycles. The molecule has 0 aromatic heterocycles. The minimum atomic E-state index is 0.240. The van der Waals surface area contributed by atoms with E-state index in [0.717, 1.165) is 13.1 Å². The lowest BCUT2D eigenvalue weighted by Gasteiger charge is -2.26. The van der Waals surface area contributed by atoms with Crippen LogP contribution in [0.15, 0.2) is 11.8 Å². The lowest BCUT2D eigenvalue weighted by atomic mass is 10.2. The van der Waals surface area contributed by atoms with E-state index < -0.39 is 0 Å². The number of hydrogen-bond acceptors (Lipinski definition) is 4. The number of rotatable bonds is 3. The van der Waals surface area contributed by atoms with Crippen LogP contribution < -0.4 is 11.5 Å². The first kappa shape index (κ1) is 11.4. The zero-order valence-corrected chi connectivity index (χ0v) is 9.37. The van der Waals surface area contributed by atoms with Gasteiger partial charge in [-0.1, -0.05) is 24.4 Å². The van der Waals surface area contributed by atoms with E-state index in [1.54, 1.807) is 0 Å². The summed E-state index contributed by atoms with van der Waals surface area (Å²) in [6.07, 6.45) is 1.81. The van der Waals surface area contributed by atoms with E-state index in [1.807, 2.05) is 6.20 Å². The molecule has 78 valence electrons. The number of thiocarbonyl (C=S) groups is 2. The van der Waals surface area contributed by atoms with Gasteiger partial charge in [-0.15, -0.1) is 0 Å². The molecule has 6 heteroatoms. The summed E-state index contributed by atoms with van der Waals surface area (Å²) >= 11 is 9.69. The van der Waals surface area contributed by atoms with Crippen LogP contribution >= 0.6 is 24.4 Å². The largest absolute Gasteiger partial charge is 0.389 e. The number of ether oxygens (including phenoxy) is 1. The Hall–Kier alpha value is -0.720.